The Morgan fingerprint density at radius 2 is 1.76 bits per heavy atom. The van der Waals surface area contributed by atoms with E-state index in [9.17, 15) is 18.8 Å². The standard InChI is InChI=1S/C23H16FN3O5S/c1-12-6-8-15(24)11-17(12)32-23-27-19(26-21(29)22(30)31)18(33-23)20(28)25-16-9-7-13-4-2-3-5-14(13)10-16/h2-11H,1H3,(H,25,28)(H,26,29)(H,30,31). The van der Waals surface area contributed by atoms with Gasteiger partial charge in [-0.15, -0.1) is 0 Å². The molecule has 0 fully saturated rings. The molecule has 0 unspecified atom stereocenters. The third-order valence-corrected chi connectivity index (χ3v) is 5.53. The van der Waals surface area contributed by atoms with Crippen molar-refractivity contribution in [2.75, 3.05) is 10.6 Å². The van der Waals surface area contributed by atoms with Crippen LogP contribution in [-0.4, -0.2) is 27.9 Å². The zero-order valence-electron chi connectivity index (χ0n) is 17.1. The molecule has 2 amide bonds. The van der Waals surface area contributed by atoms with E-state index >= 15 is 0 Å². The Balaban J connectivity index is 1.65. The summed E-state index contributed by atoms with van der Waals surface area (Å²) in [6, 6.07) is 16.9. The second-order valence-electron chi connectivity index (χ2n) is 6.94. The number of anilines is 2. The van der Waals surface area contributed by atoms with Crippen molar-refractivity contribution in [2.24, 2.45) is 0 Å². The van der Waals surface area contributed by atoms with Crippen LogP contribution in [0.2, 0.25) is 0 Å². The highest BCUT2D eigenvalue weighted by atomic mass is 32.1. The number of thiazole rings is 1. The molecule has 0 aliphatic rings. The van der Waals surface area contributed by atoms with E-state index in [1.54, 1.807) is 19.1 Å². The van der Waals surface area contributed by atoms with Crippen molar-refractivity contribution in [1.82, 2.24) is 4.98 Å². The SMILES string of the molecule is Cc1ccc(F)cc1Oc1nc(NC(=O)C(=O)O)c(C(=O)Nc2ccc3ccccc3c2)s1. The van der Waals surface area contributed by atoms with E-state index in [0.29, 0.717) is 11.3 Å². The minimum absolute atomic E-state index is 0.0759. The third-order valence-electron chi connectivity index (χ3n) is 4.59. The van der Waals surface area contributed by atoms with Gasteiger partial charge in [-0.1, -0.05) is 47.7 Å². The molecule has 3 aromatic carbocycles. The van der Waals surface area contributed by atoms with Crippen LogP contribution in [0.5, 0.6) is 10.9 Å². The van der Waals surface area contributed by atoms with E-state index in [0.717, 1.165) is 28.2 Å². The number of aromatic nitrogens is 1. The highest BCUT2D eigenvalue weighted by Crippen LogP contribution is 2.34. The van der Waals surface area contributed by atoms with Crippen LogP contribution in [0.1, 0.15) is 15.2 Å². The zero-order valence-corrected chi connectivity index (χ0v) is 17.9. The molecule has 0 saturated carbocycles. The minimum Gasteiger partial charge on any atom is -0.474 e. The fourth-order valence-electron chi connectivity index (χ4n) is 2.98. The van der Waals surface area contributed by atoms with Gasteiger partial charge in [0.15, 0.2) is 5.82 Å². The molecule has 8 nitrogen and oxygen atoms in total. The Kier molecular flexibility index (Phi) is 6.01. The van der Waals surface area contributed by atoms with Crippen LogP contribution in [0.25, 0.3) is 10.8 Å². The predicted molar refractivity (Wildman–Crippen MR) is 121 cm³/mol. The molecule has 3 N–H and O–H groups in total. The van der Waals surface area contributed by atoms with Crippen molar-refractivity contribution >= 4 is 51.4 Å². The van der Waals surface area contributed by atoms with Crippen molar-refractivity contribution in [3.8, 4) is 10.9 Å². The molecular formula is C23H16FN3O5S. The number of carbonyl (C=O) groups is 3. The lowest BCUT2D eigenvalue weighted by atomic mass is 10.1. The van der Waals surface area contributed by atoms with Gasteiger partial charge in [-0.25, -0.2) is 9.18 Å². The number of fused-ring (bicyclic) bond motifs is 1. The van der Waals surface area contributed by atoms with Gasteiger partial charge in [0.05, 0.1) is 0 Å². The molecule has 10 heteroatoms. The molecule has 1 aromatic heterocycles. The number of carboxylic acid groups (broad SMARTS) is 1. The van der Waals surface area contributed by atoms with Gasteiger partial charge in [0, 0.05) is 11.8 Å². The summed E-state index contributed by atoms with van der Waals surface area (Å²) in [6.07, 6.45) is 0. The highest BCUT2D eigenvalue weighted by Gasteiger charge is 2.24. The first-order valence-electron chi connectivity index (χ1n) is 9.59. The van der Waals surface area contributed by atoms with E-state index in [-0.39, 0.29) is 21.6 Å². The number of hydrogen-bond donors (Lipinski definition) is 3. The van der Waals surface area contributed by atoms with Gasteiger partial charge in [0.2, 0.25) is 0 Å². The number of nitrogens with zero attached hydrogens (tertiary/aromatic N) is 1. The van der Waals surface area contributed by atoms with Crippen molar-refractivity contribution in [3.05, 3.63) is 76.9 Å². The number of benzene rings is 3. The van der Waals surface area contributed by atoms with Gasteiger partial charge >= 0.3 is 11.9 Å². The third kappa shape index (κ3) is 4.96. The van der Waals surface area contributed by atoms with Crippen LogP contribution in [-0.2, 0) is 9.59 Å². The lowest BCUT2D eigenvalue weighted by Crippen LogP contribution is -2.23. The second-order valence-corrected chi connectivity index (χ2v) is 7.91. The quantitative estimate of drug-likeness (QED) is 0.364. The fourth-order valence-corrected chi connectivity index (χ4v) is 3.76. The van der Waals surface area contributed by atoms with E-state index in [1.807, 2.05) is 30.3 Å². The van der Waals surface area contributed by atoms with Gasteiger partial charge in [-0.05, 0) is 41.5 Å². The summed E-state index contributed by atoms with van der Waals surface area (Å²) < 4.78 is 19.2. The summed E-state index contributed by atoms with van der Waals surface area (Å²) >= 11 is 0.778. The molecule has 1 heterocycles. The first-order valence-corrected chi connectivity index (χ1v) is 10.4. The molecule has 0 aliphatic heterocycles. The molecule has 0 spiro atoms. The van der Waals surface area contributed by atoms with E-state index < -0.39 is 23.6 Å². The van der Waals surface area contributed by atoms with Crippen LogP contribution in [0.4, 0.5) is 15.9 Å². The Hall–Kier alpha value is -4.31. The van der Waals surface area contributed by atoms with Crippen molar-refractivity contribution in [1.29, 1.82) is 0 Å². The molecule has 4 rings (SSSR count). The summed E-state index contributed by atoms with van der Waals surface area (Å²) in [5.74, 6) is -4.38. The number of hydrogen-bond acceptors (Lipinski definition) is 6. The van der Waals surface area contributed by atoms with Crippen molar-refractivity contribution in [3.63, 3.8) is 0 Å². The van der Waals surface area contributed by atoms with Crippen molar-refractivity contribution < 1.29 is 28.6 Å². The number of halogens is 1. The van der Waals surface area contributed by atoms with E-state index in [4.69, 9.17) is 9.84 Å². The molecule has 33 heavy (non-hydrogen) atoms. The van der Waals surface area contributed by atoms with Crippen LogP contribution in [0.3, 0.4) is 0 Å². The van der Waals surface area contributed by atoms with Gasteiger partial charge < -0.3 is 15.2 Å². The zero-order chi connectivity index (χ0) is 23.5. The highest BCUT2D eigenvalue weighted by molar-refractivity contribution is 7.16. The summed E-state index contributed by atoms with van der Waals surface area (Å²) in [6.45, 7) is 1.70. The van der Waals surface area contributed by atoms with Crippen LogP contribution in [0, 0.1) is 12.7 Å². The number of carbonyl (C=O) groups excluding carboxylic acids is 2. The summed E-state index contributed by atoms with van der Waals surface area (Å²) in [4.78, 5) is 39.6. The van der Waals surface area contributed by atoms with Gasteiger partial charge in [-0.2, -0.15) is 4.98 Å². The smallest absolute Gasteiger partial charge is 0.394 e. The monoisotopic (exact) mass is 465 g/mol. The maximum absolute atomic E-state index is 13.6. The number of amides is 2. The fraction of sp³-hybridized carbons (Fsp3) is 0.0435. The Morgan fingerprint density at radius 3 is 2.52 bits per heavy atom. The normalized spacial score (nSPS) is 10.6. The number of carboxylic acids is 1. The van der Waals surface area contributed by atoms with Crippen LogP contribution in [0.15, 0.2) is 60.7 Å². The van der Waals surface area contributed by atoms with Gasteiger partial charge in [0.25, 0.3) is 11.1 Å². The largest absolute Gasteiger partial charge is 0.474 e. The molecule has 166 valence electrons. The first kappa shape index (κ1) is 21.9. The maximum atomic E-state index is 13.6. The number of aliphatic carboxylic acids is 1. The molecule has 4 aromatic rings. The number of ether oxygens (including phenoxy) is 1. The predicted octanol–water partition coefficient (Wildman–Crippen LogP) is 4.81. The number of aryl methyl sites for hydroxylation is 1. The van der Waals surface area contributed by atoms with Gasteiger partial charge in [0.1, 0.15) is 16.4 Å². The molecule has 0 aliphatic carbocycles. The summed E-state index contributed by atoms with van der Waals surface area (Å²) in [5, 5.41) is 15.5. The second kappa shape index (κ2) is 9.05. The Bertz CT molecular complexity index is 1400. The van der Waals surface area contributed by atoms with Crippen LogP contribution < -0.4 is 15.4 Å². The number of nitrogens with one attached hydrogen (secondary N) is 2. The summed E-state index contributed by atoms with van der Waals surface area (Å²) in [5.41, 5.74) is 1.11. The van der Waals surface area contributed by atoms with E-state index in [2.05, 4.69) is 15.6 Å². The lowest BCUT2D eigenvalue weighted by molar-refractivity contribution is -0.147. The Labute approximate surface area is 190 Å². The van der Waals surface area contributed by atoms with E-state index in [1.165, 1.54) is 12.1 Å². The average Bonchev–Trinajstić information content (AvgIpc) is 3.18. The molecular weight excluding hydrogens is 449 g/mol. The molecule has 0 radical (unpaired) electrons. The molecule has 0 bridgehead atoms. The summed E-state index contributed by atoms with van der Waals surface area (Å²) in [7, 11) is 0. The van der Waals surface area contributed by atoms with Crippen molar-refractivity contribution in [2.45, 2.75) is 6.92 Å². The average molecular weight is 465 g/mol. The maximum Gasteiger partial charge on any atom is 0.394 e. The van der Waals surface area contributed by atoms with Gasteiger partial charge in [-0.3, -0.25) is 14.9 Å². The Morgan fingerprint density at radius 1 is 1.00 bits per heavy atom. The van der Waals surface area contributed by atoms with Crippen LogP contribution >= 0.6 is 11.3 Å². The minimum atomic E-state index is -1.74. The topological polar surface area (TPSA) is 118 Å². The molecule has 0 atom stereocenters. The molecule has 0 saturated heterocycles. The number of rotatable bonds is 5. The lowest BCUT2D eigenvalue weighted by Gasteiger charge is -2.06. The first-order chi connectivity index (χ1) is 15.8.